The Bertz CT molecular complexity index is 516. The van der Waals surface area contributed by atoms with Gasteiger partial charge in [-0.25, -0.2) is 0 Å². The van der Waals surface area contributed by atoms with Gasteiger partial charge in [0.25, 0.3) is 10.1 Å². The molecule has 0 aromatic heterocycles. The summed E-state index contributed by atoms with van der Waals surface area (Å²) in [6.07, 6.45) is 5.01. The average Bonchev–Trinajstić information content (AvgIpc) is 2.57. The fraction of sp³-hybridized carbons (Fsp3) is 0.889. The van der Waals surface area contributed by atoms with Crippen molar-refractivity contribution in [1.29, 1.82) is 0 Å². The van der Waals surface area contributed by atoms with Gasteiger partial charge in [-0.15, -0.1) is 0 Å². The lowest BCUT2D eigenvalue weighted by atomic mass is 10.1. The summed E-state index contributed by atoms with van der Waals surface area (Å²) in [4.78, 5) is 23.9. The molecule has 0 aliphatic carbocycles. The van der Waals surface area contributed by atoms with Gasteiger partial charge in [0.05, 0.1) is 19.6 Å². The smallest absolute Gasteiger partial charge is 0.327 e. The molecule has 0 aromatic rings. The third-order valence-electron chi connectivity index (χ3n) is 4.11. The zero-order chi connectivity index (χ0) is 20.2. The second-order valence-corrected chi connectivity index (χ2v) is 8.61. The summed E-state index contributed by atoms with van der Waals surface area (Å²) in [7, 11) is -4.75. The minimum atomic E-state index is -4.75. The third kappa shape index (κ3) is 11.5. The fourth-order valence-corrected chi connectivity index (χ4v) is 3.00. The molecule has 7 nitrogen and oxygen atoms in total. The molecule has 0 fully saturated rings. The molecule has 0 radical (unpaired) electrons. The van der Waals surface area contributed by atoms with Crippen molar-refractivity contribution in [3.05, 3.63) is 0 Å². The molecular weight excluding hydrogens is 360 g/mol. The maximum atomic E-state index is 12.0. The van der Waals surface area contributed by atoms with Gasteiger partial charge in [0.1, 0.15) is 0 Å². The van der Waals surface area contributed by atoms with E-state index in [2.05, 4.69) is 6.92 Å². The summed E-state index contributed by atoms with van der Waals surface area (Å²) in [5.41, 5.74) is 0. The highest BCUT2D eigenvalue weighted by Crippen LogP contribution is 2.14. The average molecular weight is 395 g/mol. The van der Waals surface area contributed by atoms with Crippen molar-refractivity contribution in [2.24, 2.45) is 11.8 Å². The first-order valence-corrected chi connectivity index (χ1v) is 10.9. The molecule has 0 saturated carbocycles. The number of unbranched alkanes of at least 4 members (excludes halogenated alkanes) is 2. The molecule has 0 heterocycles. The van der Waals surface area contributed by atoms with Crippen molar-refractivity contribution < 1.29 is 32.0 Å². The Balaban J connectivity index is 4.56. The van der Waals surface area contributed by atoms with Crippen LogP contribution >= 0.6 is 0 Å². The summed E-state index contributed by atoms with van der Waals surface area (Å²) in [5, 5.41) is -1.95. The molecule has 0 aromatic carbocycles. The lowest BCUT2D eigenvalue weighted by molar-refractivity contribution is -0.151. The molecule has 0 aliphatic rings. The molecule has 0 bridgehead atoms. The fourth-order valence-electron chi connectivity index (χ4n) is 2.34. The Morgan fingerprint density at radius 2 is 1.38 bits per heavy atom. The Morgan fingerprint density at radius 1 is 0.923 bits per heavy atom. The standard InChI is InChI=1S/C18H34O7S/c1-5-7-9-14(3)12-24-17(19)11-16(26(21,22)23)18(20)25-13-15(4)10-8-6-2/h14-16H,5-13H2,1-4H3,(H,21,22,23). The van der Waals surface area contributed by atoms with Gasteiger partial charge in [-0.1, -0.05) is 53.4 Å². The van der Waals surface area contributed by atoms with E-state index in [1.54, 1.807) is 0 Å². The highest BCUT2D eigenvalue weighted by molar-refractivity contribution is 7.87. The summed E-state index contributed by atoms with van der Waals surface area (Å²) in [6, 6.07) is 0. The first kappa shape index (κ1) is 24.8. The largest absolute Gasteiger partial charge is 0.465 e. The lowest BCUT2D eigenvalue weighted by Crippen LogP contribution is -2.35. The topological polar surface area (TPSA) is 107 Å². The van der Waals surface area contributed by atoms with Crippen molar-refractivity contribution in [2.75, 3.05) is 13.2 Å². The Labute approximate surface area is 157 Å². The molecule has 3 unspecified atom stereocenters. The van der Waals surface area contributed by atoms with Gasteiger partial charge >= 0.3 is 11.9 Å². The second-order valence-electron chi connectivity index (χ2n) is 7.02. The molecule has 0 aliphatic heterocycles. The van der Waals surface area contributed by atoms with Gasteiger partial charge in [-0.05, 0) is 24.7 Å². The monoisotopic (exact) mass is 394 g/mol. The van der Waals surface area contributed by atoms with Gasteiger partial charge in [-0.3, -0.25) is 14.1 Å². The van der Waals surface area contributed by atoms with E-state index < -0.39 is 33.7 Å². The summed E-state index contributed by atoms with van der Waals surface area (Å²) in [6.45, 7) is 8.12. The zero-order valence-electron chi connectivity index (χ0n) is 16.4. The molecular formula is C18H34O7S. The molecule has 26 heavy (non-hydrogen) atoms. The van der Waals surface area contributed by atoms with Crippen LogP contribution in [-0.4, -0.2) is 43.4 Å². The number of rotatable bonds is 14. The summed E-state index contributed by atoms with van der Waals surface area (Å²) in [5.74, 6) is -1.74. The van der Waals surface area contributed by atoms with E-state index in [1.807, 2.05) is 20.8 Å². The van der Waals surface area contributed by atoms with E-state index >= 15 is 0 Å². The van der Waals surface area contributed by atoms with E-state index in [9.17, 15) is 22.6 Å². The second kappa shape index (κ2) is 13.1. The van der Waals surface area contributed by atoms with E-state index in [-0.39, 0.29) is 25.0 Å². The van der Waals surface area contributed by atoms with E-state index in [1.165, 1.54) is 0 Å². The molecule has 154 valence electrons. The highest BCUT2D eigenvalue weighted by atomic mass is 32.2. The van der Waals surface area contributed by atoms with Gasteiger partial charge in [-0.2, -0.15) is 8.42 Å². The number of carbonyl (C=O) groups is 2. The van der Waals surface area contributed by atoms with Crippen LogP contribution in [0.2, 0.25) is 0 Å². The van der Waals surface area contributed by atoms with E-state index in [0.717, 1.165) is 38.5 Å². The van der Waals surface area contributed by atoms with Crippen LogP contribution in [0.1, 0.15) is 72.6 Å². The van der Waals surface area contributed by atoms with Crippen molar-refractivity contribution in [3.63, 3.8) is 0 Å². The van der Waals surface area contributed by atoms with Crippen LogP contribution in [0.25, 0.3) is 0 Å². The quantitative estimate of drug-likeness (QED) is 0.355. The zero-order valence-corrected chi connectivity index (χ0v) is 17.2. The minimum Gasteiger partial charge on any atom is -0.465 e. The Hall–Kier alpha value is -1.15. The van der Waals surface area contributed by atoms with Crippen LogP contribution < -0.4 is 0 Å². The predicted molar refractivity (Wildman–Crippen MR) is 99.2 cm³/mol. The normalized spacial score (nSPS) is 15.1. The van der Waals surface area contributed by atoms with Gasteiger partial charge in [0, 0.05) is 0 Å². The summed E-state index contributed by atoms with van der Waals surface area (Å²) >= 11 is 0. The number of hydrogen-bond acceptors (Lipinski definition) is 6. The summed E-state index contributed by atoms with van der Waals surface area (Å²) < 4.78 is 42.2. The van der Waals surface area contributed by atoms with Crippen LogP contribution in [0.4, 0.5) is 0 Å². The molecule has 8 heteroatoms. The van der Waals surface area contributed by atoms with Crippen LogP contribution in [-0.2, 0) is 29.2 Å². The van der Waals surface area contributed by atoms with Gasteiger partial charge < -0.3 is 9.47 Å². The number of esters is 2. The first-order chi connectivity index (χ1) is 12.1. The molecule has 0 amide bonds. The number of hydrogen-bond donors (Lipinski definition) is 1. The maximum absolute atomic E-state index is 12.0. The third-order valence-corrected chi connectivity index (χ3v) is 5.19. The number of carbonyl (C=O) groups excluding carboxylic acids is 2. The molecule has 3 atom stereocenters. The number of ether oxygens (including phenoxy) is 2. The van der Waals surface area contributed by atoms with Crippen LogP contribution in [0.3, 0.4) is 0 Å². The highest BCUT2D eigenvalue weighted by Gasteiger charge is 2.35. The first-order valence-electron chi connectivity index (χ1n) is 9.40. The minimum absolute atomic E-state index is 0.0496. The van der Waals surface area contributed by atoms with Crippen molar-refractivity contribution in [1.82, 2.24) is 0 Å². The van der Waals surface area contributed by atoms with Gasteiger partial charge in [0.15, 0.2) is 5.25 Å². The molecule has 0 spiro atoms. The van der Waals surface area contributed by atoms with Crippen LogP contribution in [0, 0.1) is 11.8 Å². The van der Waals surface area contributed by atoms with E-state index in [0.29, 0.717) is 0 Å². The molecule has 0 saturated heterocycles. The van der Waals surface area contributed by atoms with Crippen LogP contribution in [0.5, 0.6) is 0 Å². The van der Waals surface area contributed by atoms with Gasteiger partial charge in [0.2, 0.25) is 0 Å². The molecule has 1 N–H and O–H groups in total. The lowest BCUT2D eigenvalue weighted by Gasteiger charge is -2.16. The predicted octanol–water partition coefficient (Wildman–Crippen LogP) is 3.37. The van der Waals surface area contributed by atoms with Crippen LogP contribution in [0.15, 0.2) is 0 Å². The van der Waals surface area contributed by atoms with Crippen molar-refractivity contribution >= 4 is 22.1 Å². The van der Waals surface area contributed by atoms with Crippen molar-refractivity contribution in [3.8, 4) is 0 Å². The van der Waals surface area contributed by atoms with E-state index in [4.69, 9.17) is 9.47 Å². The Kier molecular flexibility index (Phi) is 12.5. The molecule has 0 rings (SSSR count). The SMILES string of the molecule is CCCCC(C)COC(=O)CC(C(=O)OCC(C)CCCC)S(=O)(=O)O. The maximum Gasteiger partial charge on any atom is 0.327 e. The Morgan fingerprint density at radius 3 is 1.81 bits per heavy atom. The van der Waals surface area contributed by atoms with Crippen molar-refractivity contribution in [2.45, 2.75) is 77.9 Å².